The van der Waals surface area contributed by atoms with Gasteiger partial charge in [-0.2, -0.15) is 0 Å². The third kappa shape index (κ3) is 4.33. The summed E-state index contributed by atoms with van der Waals surface area (Å²) in [5.41, 5.74) is 1.29. The Morgan fingerprint density at radius 3 is 2.67 bits per heavy atom. The van der Waals surface area contributed by atoms with E-state index in [4.69, 9.17) is 0 Å². The first-order valence-electron chi connectivity index (χ1n) is 6.10. The molecule has 1 unspecified atom stereocenters. The second kappa shape index (κ2) is 6.78. The summed E-state index contributed by atoms with van der Waals surface area (Å²) in [6, 6.07) is 5.11. The minimum atomic E-state index is -0.221. The number of phenols is 1. The summed E-state index contributed by atoms with van der Waals surface area (Å²) >= 11 is 3.40. The first-order chi connectivity index (χ1) is 8.43. The fourth-order valence-corrected chi connectivity index (χ4v) is 2.25. The van der Waals surface area contributed by atoms with Gasteiger partial charge in [-0.15, -0.1) is 0 Å². The van der Waals surface area contributed by atoms with Crippen molar-refractivity contribution in [3.8, 4) is 5.75 Å². The van der Waals surface area contributed by atoms with E-state index in [-0.39, 0.29) is 17.7 Å². The second-order valence-electron chi connectivity index (χ2n) is 4.97. The third-order valence-electron chi connectivity index (χ3n) is 2.67. The number of aryl methyl sites for hydroxylation is 1. The molecule has 0 saturated carbocycles. The molecule has 1 aromatic carbocycles. The first-order valence-corrected chi connectivity index (χ1v) is 7.22. The number of carbonyl (C=O) groups is 1. The van der Waals surface area contributed by atoms with Gasteiger partial charge >= 0.3 is 0 Å². The summed E-state index contributed by atoms with van der Waals surface area (Å²) < 4.78 is 0. The molecule has 0 aromatic heterocycles. The van der Waals surface area contributed by atoms with Gasteiger partial charge in [0.05, 0.1) is 5.56 Å². The van der Waals surface area contributed by atoms with Gasteiger partial charge in [0.15, 0.2) is 0 Å². The summed E-state index contributed by atoms with van der Waals surface area (Å²) in [6.45, 7) is 6.13. The molecule has 4 heteroatoms. The van der Waals surface area contributed by atoms with Crippen molar-refractivity contribution in [2.24, 2.45) is 5.92 Å². The van der Waals surface area contributed by atoms with Gasteiger partial charge in [0.1, 0.15) is 5.75 Å². The average molecular weight is 314 g/mol. The number of rotatable bonds is 5. The average Bonchev–Trinajstić information content (AvgIpc) is 2.30. The van der Waals surface area contributed by atoms with Crippen molar-refractivity contribution in [1.82, 2.24) is 5.32 Å². The van der Waals surface area contributed by atoms with Crippen LogP contribution in [-0.4, -0.2) is 22.4 Å². The lowest BCUT2D eigenvalue weighted by Gasteiger charge is -2.18. The highest BCUT2D eigenvalue weighted by Gasteiger charge is 2.16. The van der Waals surface area contributed by atoms with Crippen LogP contribution in [0.2, 0.25) is 0 Å². The van der Waals surface area contributed by atoms with Crippen molar-refractivity contribution in [3.63, 3.8) is 0 Å². The van der Waals surface area contributed by atoms with Crippen LogP contribution >= 0.6 is 15.9 Å². The van der Waals surface area contributed by atoms with E-state index >= 15 is 0 Å². The minimum Gasteiger partial charge on any atom is -0.507 e. The van der Waals surface area contributed by atoms with E-state index < -0.39 is 0 Å². The van der Waals surface area contributed by atoms with Crippen LogP contribution in [-0.2, 0) is 0 Å². The molecule has 100 valence electrons. The molecule has 0 spiro atoms. The molecular weight excluding hydrogens is 294 g/mol. The summed E-state index contributed by atoms with van der Waals surface area (Å²) in [4.78, 5) is 12.1. The summed E-state index contributed by atoms with van der Waals surface area (Å²) in [5.74, 6) is 0.316. The summed E-state index contributed by atoms with van der Waals surface area (Å²) in [6.07, 6.45) is 0.906. The molecule has 0 aliphatic carbocycles. The van der Waals surface area contributed by atoms with Crippen LogP contribution in [0.3, 0.4) is 0 Å². The summed E-state index contributed by atoms with van der Waals surface area (Å²) in [5, 5.41) is 13.3. The monoisotopic (exact) mass is 313 g/mol. The number of halogens is 1. The zero-order valence-corrected chi connectivity index (χ0v) is 12.6. The molecule has 0 aliphatic heterocycles. The van der Waals surface area contributed by atoms with E-state index in [1.807, 2.05) is 6.92 Å². The molecule has 0 heterocycles. The Morgan fingerprint density at radius 2 is 2.11 bits per heavy atom. The molecule has 18 heavy (non-hydrogen) atoms. The van der Waals surface area contributed by atoms with Crippen LogP contribution in [0.25, 0.3) is 0 Å². The maximum atomic E-state index is 12.1. The van der Waals surface area contributed by atoms with Gasteiger partial charge < -0.3 is 10.4 Å². The smallest absolute Gasteiger partial charge is 0.255 e. The number of carbonyl (C=O) groups excluding carboxylic acids is 1. The Kier molecular flexibility index (Phi) is 5.66. The minimum absolute atomic E-state index is 0.0240. The Balaban J connectivity index is 2.77. The number of aromatic hydroxyl groups is 1. The molecular formula is C14H20BrNO2. The van der Waals surface area contributed by atoms with E-state index in [2.05, 4.69) is 35.1 Å². The number of amides is 1. The number of hydrogen-bond donors (Lipinski definition) is 2. The highest BCUT2D eigenvalue weighted by atomic mass is 79.9. The van der Waals surface area contributed by atoms with E-state index in [1.54, 1.807) is 18.2 Å². The van der Waals surface area contributed by atoms with E-state index in [1.165, 1.54) is 0 Å². The topological polar surface area (TPSA) is 49.3 Å². The van der Waals surface area contributed by atoms with Gasteiger partial charge in [-0.05, 0) is 31.4 Å². The molecule has 0 bridgehead atoms. The fraction of sp³-hybridized carbons (Fsp3) is 0.500. The van der Waals surface area contributed by atoms with Gasteiger partial charge in [-0.1, -0.05) is 41.4 Å². The number of benzene rings is 1. The number of phenolic OH excluding ortho intramolecular Hbond substituents is 1. The second-order valence-corrected chi connectivity index (χ2v) is 5.62. The SMILES string of the molecule is Cc1ccc(O)c(C(=O)NC(CBr)CC(C)C)c1. The Labute approximate surface area is 117 Å². The molecule has 0 radical (unpaired) electrons. The van der Waals surface area contributed by atoms with Crippen LogP contribution in [0.1, 0.15) is 36.2 Å². The highest BCUT2D eigenvalue weighted by molar-refractivity contribution is 9.09. The van der Waals surface area contributed by atoms with Crippen LogP contribution < -0.4 is 5.32 Å². The normalized spacial score (nSPS) is 12.5. The van der Waals surface area contributed by atoms with E-state index in [9.17, 15) is 9.90 Å². The van der Waals surface area contributed by atoms with Crippen LogP contribution in [0.15, 0.2) is 18.2 Å². The summed E-state index contributed by atoms with van der Waals surface area (Å²) in [7, 11) is 0. The standard InChI is InChI=1S/C14H20BrNO2/c1-9(2)6-11(8-15)16-14(18)12-7-10(3)4-5-13(12)17/h4-5,7,9,11,17H,6,8H2,1-3H3,(H,16,18). The molecule has 1 atom stereocenters. The largest absolute Gasteiger partial charge is 0.507 e. The molecule has 0 saturated heterocycles. The predicted molar refractivity (Wildman–Crippen MR) is 77.3 cm³/mol. The lowest BCUT2D eigenvalue weighted by molar-refractivity contribution is 0.0934. The van der Waals surface area contributed by atoms with Gasteiger partial charge in [-0.25, -0.2) is 0 Å². The van der Waals surface area contributed by atoms with Crippen molar-refractivity contribution >= 4 is 21.8 Å². The third-order valence-corrected chi connectivity index (χ3v) is 3.46. The van der Waals surface area contributed by atoms with Crippen LogP contribution in [0.5, 0.6) is 5.75 Å². The van der Waals surface area contributed by atoms with Crippen molar-refractivity contribution in [1.29, 1.82) is 0 Å². The van der Waals surface area contributed by atoms with Crippen LogP contribution in [0, 0.1) is 12.8 Å². The lowest BCUT2D eigenvalue weighted by atomic mass is 10.0. The van der Waals surface area contributed by atoms with Crippen molar-refractivity contribution in [2.75, 3.05) is 5.33 Å². The maximum Gasteiger partial charge on any atom is 0.255 e. The van der Waals surface area contributed by atoms with Crippen LogP contribution in [0.4, 0.5) is 0 Å². The number of alkyl halides is 1. The Morgan fingerprint density at radius 1 is 1.44 bits per heavy atom. The molecule has 1 amide bonds. The van der Waals surface area contributed by atoms with E-state index in [0.717, 1.165) is 12.0 Å². The predicted octanol–water partition coefficient (Wildman–Crippen LogP) is 3.24. The van der Waals surface area contributed by atoms with Gasteiger partial charge in [0.2, 0.25) is 0 Å². The van der Waals surface area contributed by atoms with Gasteiger partial charge in [0.25, 0.3) is 5.91 Å². The molecule has 1 rings (SSSR count). The zero-order valence-electron chi connectivity index (χ0n) is 11.0. The molecule has 2 N–H and O–H groups in total. The Hall–Kier alpha value is -1.03. The lowest BCUT2D eigenvalue weighted by Crippen LogP contribution is -2.37. The molecule has 0 fully saturated rings. The molecule has 1 aromatic rings. The maximum absolute atomic E-state index is 12.1. The van der Waals surface area contributed by atoms with Gasteiger partial charge in [-0.3, -0.25) is 4.79 Å². The highest BCUT2D eigenvalue weighted by Crippen LogP contribution is 2.18. The zero-order chi connectivity index (χ0) is 13.7. The molecule has 3 nitrogen and oxygen atoms in total. The quantitative estimate of drug-likeness (QED) is 0.820. The van der Waals surface area contributed by atoms with Crippen molar-refractivity contribution < 1.29 is 9.90 Å². The fourth-order valence-electron chi connectivity index (χ4n) is 1.82. The first kappa shape index (κ1) is 15.0. The molecule has 0 aliphatic rings. The van der Waals surface area contributed by atoms with E-state index in [0.29, 0.717) is 16.8 Å². The Bertz CT molecular complexity index is 418. The van der Waals surface area contributed by atoms with Crippen molar-refractivity contribution in [2.45, 2.75) is 33.2 Å². The number of nitrogens with one attached hydrogen (secondary N) is 1. The number of hydrogen-bond acceptors (Lipinski definition) is 2. The van der Waals surface area contributed by atoms with Gasteiger partial charge in [0, 0.05) is 11.4 Å². The van der Waals surface area contributed by atoms with Crippen molar-refractivity contribution in [3.05, 3.63) is 29.3 Å².